The van der Waals surface area contributed by atoms with Crippen LogP contribution in [0, 0.1) is 0 Å². The zero-order chi connectivity index (χ0) is 13.7. The molecule has 2 aromatic rings. The molecule has 0 saturated carbocycles. The Labute approximate surface area is 129 Å². The summed E-state index contributed by atoms with van der Waals surface area (Å²) in [7, 11) is 0. The summed E-state index contributed by atoms with van der Waals surface area (Å²) >= 11 is 6.84. The molecule has 98 valence electrons. The van der Waals surface area contributed by atoms with Crippen LogP contribution in [-0.4, -0.2) is 11.2 Å². The van der Waals surface area contributed by atoms with Gasteiger partial charge in [-0.2, -0.15) is 0 Å². The molecule has 19 heavy (non-hydrogen) atoms. The number of nitrogens with one attached hydrogen (secondary N) is 1. The lowest BCUT2D eigenvalue weighted by Gasteiger charge is -2.17. The normalized spacial score (nSPS) is 11.9. The maximum atomic E-state index is 12.2. The van der Waals surface area contributed by atoms with Crippen molar-refractivity contribution in [1.82, 2.24) is 5.32 Å². The molecule has 0 aliphatic rings. The number of hydrogen-bond acceptors (Lipinski definition) is 1. The van der Waals surface area contributed by atoms with Crippen molar-refractivity contribution < 1.29 is 4.79 Å². The minimum atomic E-state index is -0.0826. The molecule has 2 rings (SSSR count). The highest BCUT2D eigenvalue weighted by molar-refractivity contribution is 9.10. The third kappa shape index (κ3) is 3.67. The first kappa shape index (κ1) is 14.3. The molecule has 0 spiro atoms. The van der Waals surface area contributed by atoms with Crippen LogP contribution in [0.4, 0.5) is 0 Å². The summed E-state index contributed by atoms with van der Waals surface area (Å²) in [6, 6.07) is 17.3. The van der Waals surface area contributed by atoms with E-state index in [1.165, 1.54) is 0 Å². The number of carbonyl (C=O) groups is 1. The largest absolute Gasteiger partial charge is 0.344 e. The molecule has 1 amide bonds. The smallest absolute Gasteiger partial charge is 0.252 e. The average molecular weight is 383 g/mol. The van der Waals surface area contributed by atoms with E-state index in [1.807, 2.05) is 48.5 Å². The highest BCUT2D eigenvalue weighted by Gasteiger charge is 2.15. The molecule has 0 heterocycles. The maximum absolute atomic E-state index is 12.2. The monoisotopic (exact) mass is 381 g/mol. The van der Waals surface area contributed by atoms with Gasteiger partial charge in [0.05, 0.1) is 11.6 Å². The molecule has 0 fully saturated rings. The molecular weight excluding hydrogens is 370 g/mol. The summed E-state index contributed by atoms with van der Waals surface area (Å²) in [5.41, 5.74) is 1.73. The van der Waals surface area contributed by atoms with Crippen LogP contribution < -0.4 is 5.32 Å². The van der Waals surface area contributed by atoms with Crippen molar-refractivity contribution in [3.05, 3.63) is 70.2 Å². The minimum absolute atomic E-state index is 0.0409. The van der Waals surface area contributed by atoms with Crippen LogP contribution in [0.3, 0.4) is 0 Å². The first-order valence-electron chi connectivity index (χ1n) is 5.88. The summed E-state index contributed by atoms with van der Waals surface area (Å²) in [4.78, 5) is 12.2. The molecule has 0 saturated heterocycles. The Bertz CT molecular complexity index is 557. The van der Waals surface area contributed by atoms with Gasteiger partial charge in [0, 0.05) is 9.80 Å². The zero-order valence-electron chi connectivity index (χ0n) is 10.1. The van der Waals surface area contributed by atoms with Crippen LogP contribution in [-0.2, 0) is 0 Å². The third-order valence-corrected chi connectivity index (χ3v) is 4.12. The highest BCUT2D eigenvalue weighted by atomic mass is 79.9. The second-order valence-electron chi connectivity index (χ2n) is 4.07. The maximum Gasteiger partial charge on any atom is 0.252 e. The van der Waals surface area contributed by atoms with Gasteiger partial charge in [-0.25, -0.2) is 0 Å². The van der Waals surface area contributed by atoms with Gasteiger partial charge in [0.1, 0.15) is 0 Å². The van der Waals surface area contributed by atoms with Crippen molar-refractivity contribution in [3.63, 3.8) is 0 Å². The van der Waals surface area contributed by atoms with E-state index in [2.05, 4.69) is 37.2 Å². The number of hydrogen-bond donors (Lipinski definition) is 1. The van der Waals surface area contributed by atoms with Gasteiger partial charge in [0.15, 0.2) is 0 Å². The van der Waals surface area contributed by atoms with Gasteiger partial charge in [0.2, 0.25) is 0 Å². The Morgan fingerprint density at radius 2 is 1.68 bits per heavy atom. The summed E-state index contributed by atoms with van der Waals surface area (Å²) in [6.45, 7) is 0. The fourth-order valence-corrected chi connectivity index (χ4v) is 2.78. The van der Waals surface area contributed by atoms with E-state index in [9.17, 15) is 4.79 Å². The number of halogens is 2. The predicted molar refractivity (Wildman–Crippen MR) is 84.6 cm³/mol. The number of carbonyl (C=O) groups excluding carboxylic acids is 1. The molecule has 0 bridgehead atoms. The molecule has 1 N–H and O–H groups in total. The Kier molecular flexibility index (Phi) is 5.16. The molecule has 0 radical (unpaired) electrons. The molecule has 1 atom stereocenters. The predicted octanol–water partition coefficient (Wildman–Crippen LogP) is 4.32. The lowest BCUT2D eigenvalue weighted by atomic mass is 10.1. The first-order valence-corrected chi connectivity index (χ1v) is 7.80. The van der Waals surface area contributed by atoms with E-state index < -0.39 is 0 Å². The third-order valence-electron chi connectivity index (χ3n) is 2.78. The quantitative estimate of drug-likeness (QED) is 0.784. The molecule has 0 aliphatic carbocycles. The van der Waals surface area contributed by atoms with Crippen LogP contribution in [0.25, 0.3) is 0 Å². The SMILES string of the molecule is O=C(NC(CBr)c1ccccc1)c1ccccc1Br. The molecule has 0 aromatic heterocycles. The Morgan fingerprint density at radius 1 is 1.05 bits per heavy atom. The van der Waals surface area contributed by atoms with Crippen LogP contribution in [0.1, 0.15) is 22.0 Å². The van der Waals surface area contributed by atoms with Gasteiger partial charge in [-0.1, -0.05) is 58.4 Å². The molecule has 0 aliphatic heterocycles. The number of rotatable bonds is 4. The van der Waals surface area contributed by atoms with Crippen LogP contribution >= 0.6 is 31.9 Å². The molecule has 2 nitrogen and oxygen atoms in total. The Hall–Kier alpha value is -1.13. The Balaban J connectivity index is 2.16. The van der Waals surface area contributed by atoms with Crippen molar-refractivity contribution >= 4 is 37.8 Å². The second kappa shape index (κ2) is 6.87. The lowest BCUT2D eigenvalue weighted by molar-refractivity contribution is 0.0940. The van der Waals surface area contributed by atoms with Gasteiger partial charge < -0.3 is 5.32 Å². The molecule has 2 aromatic carbocycles. The van der Waals surface area contributed by atoms with Gasteiger partial charge >= 0.3 is 0 Å². The standard InChI is InChI=1S/C15H13Br2NO/c16-10-14(11-6-2-1-3-7-11)18-15(19)12-8-4-5-9-13(12)17/h1-9,14H,10H2,(H,18,19). The fourth-order valence-electron chi connectivity index (χ4n) is 1.78. The van der Waals surface area contributed by atoms with Crippen LogP contribution in [0.5, 0.6) is 0 Å². The highest BCUT2D eigenvalue weighted by Crippen LogP contribution is 2.19. The summed E-state index contributed by atoms with van der Waals surface area (Å²) in [5.74, 6) is -0.0826. The number of benzene rings is 2. The lowest BCUT2D eigenvalue weighted by Crippen LogP contribution is -2.29. The first-order chi connectivity index (χ1) is 9.22. The minimum Gasteiger partial charge on any atom is -0.344 e. The van der Waals surface area contributed by atoms with Crippen molar-refractivity contribution in [2.75, 3.05) is 5.33 Å². The van der Waals surface area contributed by atoms with Crippen LogP contribution in [0.15, 0.2) is 59.1 Å². The van der Waals surface area contributed by atoms with Gasteiger partial charge in [-0.05, 0) is 33.6 Å². The van der Waals surface area contributed by atoms with E-state index in [-0.39, 0.29) is 11.9 Å². The van der Waals surface area contributed by atoms with E-state index >= 15 is 0 Å². The van der Waals surface area contributed by atoms with E-state index in [4.69, 9.17) is 0 Å². The van der Waals surface area contributed by atoms with Crippen molar-refractivity contribution in [2.45, 2.75) is 6.04 Å². The number of alkyl halides is 1. The topological polar surface area (TPSA) is 29.1 Å². The summed E-state index contributed by atoms with van der Waals surface area (Å²) in [6.07, 6.45) is 0. The van der Waals surface area contributed by atoms with Gasteiger partial charge in [0.25, 0.3) is 5.91 Å². The summed E-state index contributed by atoms with van der Waals surface area (Å²) < 4.78 is 0.800. The van der Waals surface area contributed by atoms with E-state index in [1.54, 1.807) is 6.07 Å². The Morgan fingerprint density at radius 3 is 2.32 bits per heavy atom. The van der Waals surface area contributed by atoms with Gasteiger partial charge in [-0.15, -0.1) is 0 Å². The molecular formula is C15H13Br2NO. The zero-order valence-corrected chi connectivity index (χ0v) is 13.3. The number of amides is 1. The van der Waals surface area contributed by atoms with Gasteiger partial charge in [-0.3, -0.25) is 4.79 Å². The van der Waals surface area contributed by atoms with Crippen molar-refractivity contribution in [3.8, 4) is 0 Å². The molecule has 4 heteroatoms. The van der Waals surface area contributed by atoms with Crippen molar-refractivity contribution in [2.24, 2.45) is 0 Å². The average Bonchev–Trinajstić information content (AvgIpc) is 2.46. The van der Waals surface area contributed by atoms with Crippen LogP contribution in [0.2, 0.25) is 0 Å². The van der Waals surface area contributed by atoms with E-state index in [0.29, 0.717) is 10.9 Å². The van der Waals surface area contributed by atoms with Crippen molar-refractivity contribution in [1.29, 1.82) is 0 Å². The second-order valence-corrected chi connectivity index (χ2v) is 5.57. The van der Waals surface area contributed by atoms with E-state index in [0.717, 1.165) is 10.0 Å². The fraction of sp³-hybridized carbons (Fsp3) is 0.133. The molecule has 1 unspecified atom stereocenters. The summed E-state index contributed by atoms with van der Waals surface area (Å²) in [5, 5.41) is 3.70.